The summed E-state index contributed by atoms with van der Waals surface area (Å²) in [6.07, 6.45) is 5.53. The number of fused-ring (bicyclic) bond motifs is 1. The third-order valence-electron chi connectivity index (χ3n) is 5.28. The lowest BCUT2D eigenvalue weighted by Gasteiger charge is -2.12. The van der Waals surface area contributed by atoms with E-state index < -0.39 is 0 Å². The monoisotopic (exact) mass is 467 g/mol. The van der Waals surface area contributed by atoms with Gasteiger partial charge in [-0.2, -0.15) is 5.10 Å². The number of anilines is 2. The molecule has 176 valence electrons. The highest BCUT2D eigenvalue weighted by Crippen LogP contribution is 2.27. The fraction of sp³-hybridized carbons (Fsp3) is 0.154. The van der Waals surface area contributed by atoms with Crippen molar-refractivity contribution in [2.45, 2.75) is 19.9 Å². The Balaban J connectivity index is 1.39. The van der Waals surface area contributed by atoms with Crippen molar-refractivity contribution in [3.8, 4) is 28.3 Å². The Hall–Kier alpha value is -4.66. The van der Waals surface area contributed by atoms with E-state index in [1.807, 2.05) is 80.8 Å². The lowest BCUT2D eigenvalue weighted by Crippen LogP contribution is -2.34. The molecule has 0 saturated heterocycles. The van der Waals surface area contributed by atoms with Crippen LogP contribution in [0, 0.1) is 0 Å². The molecular formula is C26H25N7O2. The number of aromatic amines is 1. The normalized spacial score (nSPS) is 11.1. The van der Waals surface area contributed by atoms with Crippen molar-refractivity contribution in [2.75, 3.05) is 11.9 Å². The van der Waals surface area contributed by atoms with Crippen LogP contribution in [-0.4, -0.2) is 43.4 Å². The zero-order valence-corrected chi connectivity index (χ0v) is 19.4. The predicted molar refractivity (Wildman–Crippen MR) is 135 cm³/mol. The van der Waals surface area contributed by atoms with Crippen molar-refractivity contribution in [3.05, 3.63) is 79.3 Å². The lowest BCUT2D eigenvalue weighted by molar-refractivity contribution is -0.123. The molecule has 2 aromatic carbocycles. The lowest BCUT2D eigenvalue weighted by atomic mass is 10.1. The van der Waals surface area contributed by atoms with Crippen LogP contribution in [-0.2, 0) is 4.79 Å². The first-order valence-electron chi connectivity index (χ1n) is 11.3. The maximum atomic E-state index is 11.9. The highest BCUT2D eigenvalue weighted by atomic mass is 16.5. The second-order valence-corrected chi connectivity index (χ2v) is 8.35. The van der Waals surface area contributed by atoms with Gasteiger partial charge in [-0.05, 0) is 55.8 Å². The van der Waals surface area contributed by atoms with Crippen molar-refractivity contribution in [1.29, 1.82) is 0 Å². The Morgan fingerprint density at radius 3 is 2.69 bits per heavy atom. The number of aromatic nitrogens is 5. The van der Waals surface area contributed by atoms with E-state index in [-0.39, 0.29) is 18.6 Å². The zero-order chi connectivity index (χ0) is 24.2. The number of H-pyrrole nitrogens is 1. The maximum Gasteiger partial charge on any atom is 0.258 e. The molecule has 0 saturated carbocycles. The van der Waals surface area contributed by atoms with Crippen LogP contribution in [0.4, 0.5) is 11.5 Å². The fourth-order valence-corrected chi connectivity index (χ4v) is 3.68. The molecule has 0 aliphatic rings. The molecule has 9 nitrogen and oxygen atoms in total. The zero-order valence-electron chi connectivity index (χ0n) is 19.4. The summed E-state index contributed by atoms with van der Waals surface area (Å²) in [6, 6.07) is 19.4. The molecular weight excluding hydrogens is 442 g/mol. The summed E-state index contributed by atoms with van der Waals surface area (Å²) in [5, 5.41) is 17.7. The molecule has 3 N–H and O–H groups in total. The summed E-state index contributed by atoms with van der Waals surface area (Å²) >= 11 is 0. The average molecular weight is 468 g/mol. The van der Waals surface area contributed by atoms with Crippen LogP contribution in [0.2, 0.25) is 0 Å². The third-order valence-corrected chi connectivity index (χ3v) is 5.28. The van der Waals surface area contributed by atoms with Crippen LogP contribution in [0.5, 0.6) is 5.75 Å². The van der Waals surface area contributed by atoms with Gasteiger partial charge in [-0.1, -0.05) is 24.3 Å². The minimum absolute atomic E-state index is 0.0548. The molecule has 0 spiro atoms. The van der Waals surface area contributed by atoms with Crippen LogP contribution in [0.1, 0.15) is 13.8 Å². The number of nitrogens with one attached hydrogen (secondary N) is 3. The highest BCUT2D eigenvalue weighted by Gasteiger charge is 2.12. The van der Waals surface area contributed by atoms with Gasteiger partial charge in [-0.3, -0.25) is 9.89 Å². The van der Waals surface area contributed by atoms with Gasteiger partial charge in [0.2, 0.25) is 0 Å². The van der Waals surface area contributed by atoms with Gasteiger partial charge >= 0.3 is 0 Å². The minimum Gasteiger partial charge on any atom is -0.484 e. The van der Waals surface area contributed by atoms with Crippen LogP contribution < -0.4 is 15.4 Å². The van der Waals surface area contributed by atoms with Crippen molar-refractivity contribution < 1.29 is 9.53 Å². The van der Waals surface area contributed by atoms with Gasteiger partial charge in [0.25, 0.3) is 5.91 Å². The standard InChI is InChI=1S/C26H25N7O2/c1-17(2)29-24(34)16-35-22-6-3-5-19(13-22)25-31-26(23-7-4-12-33(23)32-25)30-21-10-8-18(9-11-21)20-14-27-28-15-20/h3-15,17H,16H2,1-2H3,(H,27,28)(H,29,34)(H,30,31,32). The van der Waals surface area contributed by atoms with Gasteiger partial charge in [0, 0.05) is 35.2 Å². The third kappa shape index (κ3) is 5.14. The molecule has 1 amide bonds. The smallest absolute Gasteiger partial charge is 0.258 e. The molecule has 35 heavy (non-hydrogen) atoms. The van der Waals surface area contributed by atoms with Gasteiger partial charge in [0.05, 0.1) is 6.20 Å². The Bertz CT molecular complexity index is 1440. The number of hydrogen-bond donors (Lipinski definition) is 3. The molecule has 3 heterocycles. The van der Waals surface area contributed by atoms with Gasteiger partial charge in [0.15, 0.2) is 18.2 Å². The Morgan fingerprint density at radius 2 is 1.91 bits per heavy atom. The second-order valence-electron chi connectivity index (χ2n) is 8.35. The van der Waals surface area contributed by atoms with Crippen LogP contribution in [0.3, 0.4) is 0 Å². The van der Waals surface area contributed by atoms with Gasteiger partial charge < -0.3 is 15.4 Å². The molecule has 0 aliphatic heterocycles. The molecule has 0 bridgehead atoms. The van der Waals surface area contributed by atoms with Gasteiger partial charge in [-0.15, -0.1) is 5.10 Å². The van der Waals surface area contributed by atoms with E-state index in [0.29, 0.717) is 17.4 Å². The second kappa shape index (κ2) is 9.68. The topological polar surface area (TPSA) is 109 Å². The molecule has 0 aliphatic carbocycles. The molecule has 3 aromatic heterocycles. The minimum atomic E-state index is -0.166. The molecule has 9 heteroatoms. The molecule has 0 fully saturated rings. The van der Waals surface area contributed by atoms with E-state index >= 15 is 0 Å². The van der Waals surface area contributed by atoms with Crippen molar-refractivity contribution >= 4 is 22.9 Å². The number of hydrogen-bond acceptors (Lipinski definition) is 6. The summed E-state index contributed by atoms with van der Waals surface area (Å²) in [4.78, 5) is 16.7. The molecule has 0 atom stereocenters. The Morgan fingerprint density at radius 1 is 1.06 bits per heavy atom. The fourth-order valence-electron chi connectivity index (χ4n) is 3.68. The predicted octanol–water partition coefficient (Wildman–Crippen LogP) is 4.43. The largest absolute Gasteiger partial charge is 0.484 e. The summed E-state index contributed by atoms with van der Waals surface area (Å²) in [7, 11) is 0. The first-order chi connectivity index (χ1) is 17.0. The SMILES string of the molecule is CC(C)NC(=O)COc1cccc(-c2nc(Nc3ccc(-c4cn[nH]c4)cc3)c3cccn3n2)c1. The summed E-state index contributed by atoms with van der Waals surface area (Å²) in [6.45, 7) is 3.76. The number of rotatable bonds is 8. The summed E-state index contributed by atoms with van der Waals surface area (Å²) in [5.74, 6) is 1.62. The van der Waals surface area contributed by atoms with Gasteiger partial charge in [0.1, 0.15) is 11.3 Å². The number of amides is 1. The molecule has 0 unspecified atom stereocenters. The molecule has 0 radical (unpaired) electrons. The molecule has 5 aromatic rings. The van der Waals surface area contributed by atoms with Crippen LogP contribution in [0.15, 0.2) is 79.3 Å². The van der Waals surface area contributed by atoms with Crippen molar-refractivity contribution in [2.24, 2.45) is 0 Å². The van der Waals surface area contributed by atoms with Crippen LogP contribution in [0.25, 0.3) is 28.0 Å². The first-order valence-corrected chi connectivity index (χ1v) is 11.3. The van der Waals surface area contributed by atoms with Crippen molar-refractivity contribution in [1.82, 2.24) is 30.1 Å². The Kier molecular flexibility index (Phi) is 6.13. The van der Waals surface area contributed by atoms with E-state index in [4.69, 9.17) is 9.72 Å². The number of carbonyl (C=O) groups is 1. The number of nitrogens with zero attached hydrogens (tertiary/aromatic N) is 4. The van der Waals surface area contributed by atoms with Crippen molar-refractivity contribution in [3.63, 3.8) is 0 Å². The van der Waals surface area contributed by atoms with E-state index in [1.165, 1.54) is 0 Å². The summed E-state index contributed by atoms with van der Waals surface area (Å²) in [5.41, 5.74) is 4.63. The Labute approximate surface area is 202 Å². The molecule has 5 rings (SSSR count). The van der Waals surface area contributed by atoms with E-state index in [0.717, 1.165) is 27.9 Å². The van der Waals surface area contributed by atoms with E-state index in [1.54, 1.807) is 16.8 Å². The maximum absolute atomic E-state index is 11.9. The summed E-state index contributed by atoms with van der Waals surface area (Å²) < 4.78 is 7.46. The van der Waals surface area contributed by atoms with E-state index in [9.17, 15) is 4.79 Å². The van der Waals surface area contributed by atoms with Gasteiger partial charge in [-0.25, -0.2) is 9.50 Å². The van der Waals surface area contributed by atoms with E-state index in [2.05, 4.69) is 25.9 Å². The first kappa shape index (κ1) is 22.1. The van der Waals surface area contributed by atoms with Crippen LogP contribution >= 0.6 is 0 Å². The number of benzene rings is 2. The quantitative estimate of drug-likeness (QED) is 0.311. The number of carbonyl (C=O) groups excluding carboxylic acids is 1. The number of ether oxygens (including phenoxy) is 1. The average Bonchev–Trinajstić information content (AvgIpc) is 3.56. The highest BCUT2D eigenvalue weighted by molar-refractivity contribution is 5.78.